The van der Waals surface area contributed by atoms with Gasteiger partial charge in [-0.3, -0.25) is 18.6 Å². The summed E-state index contributed by atoms with van der Waals surface area (Å²) < 4.78 is 34.3. The highest BCUT2D eigenvalue weighted by Gasteiger charge is 2.27. The van der Waals surface area contributed by atoms with E-state index in [2.05, 4.69) is 32.1 Å². The molecule has 0 heterocycles. The van der Waals surface area contributed by atoms with E-state index in [1.54, 1.807) is 12.2 Å². The van der Waals surface area contributed by atoms with Crippen LogP contribution in [0.25, 0.3) is 0 Å². The van der Waals surface area contributed by atoms with Crippen LogP contribution in [0.1, 0.15) is 200 Å². The lowest BCUT2D eigenvalue weighted by atomic mass is 10.0. The zero-order valence-electron chi connectivity index (χ0n) is 39.8. The number of aliphatic hydroxyl groups excluding tert-OH is 1. The number of unbranched alkanes of at least 4 members (excludes halogenated alkanes) is 22. The first-order valence-corrected chi connectivity index (χ1v) is 26.0. The molecule has 0 saturated carbocycles. The molecule has 0 saturated heterocycles. The maximum Gasteiger partial charge on any atom is 0.472 e. The molecule has 2 unspecified atom stereocenters. The van der Waals surface area contributed by atoms with Gasteiger partial charge in [0.1, 0.15) is 19.8 Å². The van der Waals surface area contributed by atoms with Crippen molar-refractivity contribution in [2.45, 2.75) is 212 Å². The molecule has 0 aromatic carbocycles. The van der Waals surface area contributed by atoms with Gasteiger partial charge in [-0.2, -0.15) is 0 Å². The first-order valence-electron chi connectivity index (χ1n) is 24.5. The third-order valence-electron chi connectivity index (χ3n) is 10.4. The Balaban J connectivity index is 4.43. The number of hydrogen-bond donors (Lipinski definition) is 2. The van der Waals surface area contributed by atoms with Crippen molar-refractivity contribution < 1.29 is 47.2 Å². The van der Waals surface area contributed by atoms with Crippen molar-refractivity contribution in [3.63, 3.8) is 0 Å². The van der Waals surface area contributed by atoms with Crippen molar-refractivity contribution in [2.75, 3.05) is 47.5 Å². The lowest BCUT2D eigenvalue weighted by Gasteiger charge is -2.24. The molecule has 11 heteroatoms. The monoisotopic (exact) mass is 883 g/mol. The smallest absolute Gasteiger partial charge is 0.462 e. The van der Waals surface area contributed by atoms with Gasteiger partial charge in [-0.05, 0) is 44.9 Å². The number of aliphatic hydroxyl groups is 1. The number of allylic oxidation sites excluding steroid dienone is 6. The van der Waals surface area contributed by atoms with Crippen molar-refractivity contribution >= 4 is 19.8 Å². The van der Waals surface area contributed by atoms with Gasteiger partial charge >= 0.3 is 19.8 Å². The van der Waals surface area contributed by atoms with Gasteiger partial charge in [0.05, 0.1) is 33.9 Å². The van der Waals surface area contributed by atoms with Gasteiger partial charge in [0.15, 0.2) is 6.10 Å². The highest BCUT2D eigenvalue weighted by molar-refractivity contribution is 7.47. The Morgan fingerprint density at radius 1 is 0.590 bits per heavy atom. The number of phosphoric acid groups is 1. The Labute approximate surface area is 374 Å². The highest BCUT2D eigenvalue weighted by atomic mass is 31.2. The van der Waals surface area contributed by atoms with E-state index in [-0.39, 0.29) is 26.1 Å². The Morgan fingerprint density at radius 3 is 1.67 bits per heavy atom. The fourth-order valence-electron chi connectivity index (χ4n) is 6.56. The van der Waals surface area contributed by atoms with E-state index in [0.717, 1.165) is 32.1 Å². The minimum Gasteiger partial charge on any atom is -0.462 e. The number of phosphoric ester groups is 1. The molecular formula is C50H93NO9P+. The van der Waals surface area contributed by atoms with Crippen LogP contribution < -0.4 is 0 Å². The Hall–Kier alpha value is -2.07. The molecule has 2 N–H and O–H groups in total. The maximum absolute atomic E-state index is 12.7. The van der Waals surface area contributed by atoms with Crippen molar-refractivity contribution in [1.29, 1.82) is 0 Å². The molecule has 3 atom stereocenters. The van der Waals surface area contributed by atoms with Crippen molar-refractivity contribution in [3.8, 4) is 0 Å². The first kappa shape index (κ1) is 58.9. The maximum atomic E-state index is 12.7. The van der Waals surface area contributed by atoms with Gasteiger partial charge in [0, 0.05) is 12.8 Å². The number of likely N-dealkylation sites (N-methyl/N-ethyl adjacent to an activating group) is 1. The molecule has 0 aliphatic carbocycles. The quantitative estimate of drug-likeness (QED) is 0.0153. The van der Waals surface area contributed by atoms with Crippen LogP contribution in [0.4, 0.5) is 0 Å². The molecule has 0 radical (unpaired) electrons. The summed E-state index contributed by atoms with van der Waals surface area (Å²) in [6, 6.07) is 0. The van der Waals surface area contributed by atoms with Crippen molar-refractivity contribution in [1.82, 2.24) is 0 Å². The van der Waals surface area contributed by atoms with Gasteiger partial charge in [-0.1, -0.05) is 191 Å². The molecule has 0 amide bonds. The first-order chi connectivity index (χ1) is 29.4. The number of ether oxygens (including phenoxy) is 2. The molecule has 0 fully saturated rings. The Bertz CT molecular complexity index is 1200. The largest absolute Gasteiger partial charge is 0.472 e. The number of rotatable bonds is 44. The van der Waals surface area contributed by atoms with E-state index in [9.17, 15) is 24.2 Å². The highest BCUT2D eigenvalue weighted by Crippen LogP contribution is 2.43. The minimum atomic E-state index is -4.41. The van der Waals surface area contributed by atoms with Crippen LogP contribution in [0.15, 0.2) is 48.6 Å². The van der Waals surface area contributed by atoms with Crippen LogP contribution in [0.5, 0.6) is 0 Å². The van der Waals surface area contributed by atoms with Crippen LogP contribution >= 0.6 is 7.82 Å². The number of carbonyl (C=O) groups excluding carboxylic acids is 2. The normalized spacial score (nSPS) is 14.4. The van der Waals surface area contributed by atoms with Crippen LogP contribution in [0, 0.1) is 0 Å². The van der Waals surface area contributed by atoms with Gasteiger partial charge in [0.2, 0.25) is 0 Å². The molecule has 0 aromatic heterocycles. The molecule has 0 spiro atoms. The van der Waals surface area contributed by atoms with Crippen molar-refractivity contribution in [3.05, 3.63) is 48.6 Å². The third kappa shape index (κ3) is 45.8. The fourth-order valence-corrected chi connectivity index (χ4v) is 7.30. The standard InChI is InChI=1S/C50H92NO9P/c1-6-8-10-12-14-16-17-18-19-20-21-22-23-24-25-27-29-33-38-42-50(54)60-48(46-59-61(55,56)58-44-43-51(3,4)5)45-57-49(53)41-37-34-30-32-36-40-47(52)39-35-31-28-26-15-13-11-9-7-2/h15,26,30-32,35-36,40,47-48,52H,6-14,16-25,27-29,33-34,37-39,41-46H2,1-5H3/p+1/b26-15-,32-30+,35-31-,40-36-/t47?,48-/m1/s1. The van der Waals surface area contributed by atoms with Crippen LogP contribution in [-0.4, -0.2) is 86.1 Å². The lowest BCUT2D eigenvalue weighted by Crippen LogP contribution is -2.37. The van der Waals surface area contributed by atoms with E-state index in [1.807, 2.05) is 39.4 Å². The van der Waals surface area contributed by atoms with Crippen LogP contribution in [0.3, 0.4) is 0 Å². The van der Waals surface area contributed by atoms with E-state index >= 15 is 0 Å². The summed E-state index contributed by atoms with van der Waals surface area (Å²) in [7, 11) is 1.40. The molecule has 10 nitrogen and oxygen atoms in total. The zero-order valence-corrected chi connectivity index (χ0v) is 40.6. The van der Waals surface area contributed by atoms with E-state index in [1.165, 1.54) is 116 Å². The summed E-state index contributed by atoms with van der Waals surface area (Å²) in [6.45, 7) is 4.25. The molecule has 0 bridgehead atoms. The molecule has 0 aliphatic rings. The summed E-state index contributed by atoms with van der Waals surface area (Å²) in [5.74, 6) is -0.923. The Morgan fingerprint density at radius 2 is 1.10 bits per heavy atom. The molecule has 356 valence electrons. The summed E-state index contributed by atoms with van der Waals surface area (Å²) in [5, 5.41) is 10.2. The van der Waals surface area contributed by atoms with Crippen LogP contribution in [0.2, 0.25) is 0 Å². The summed E-state index contributed by atoms with van der Waals surface area (Å²) in [5.41, 5.74) is 0. The van der Waals surface area contributed by atoms with E-state index in [0.29, 0.717) is 36.7 Å². The SMILES string of the molecule is CCCCC/C=C\C/C=C\CC(O)/C=C\C=C\CCCC(=O)OC[C@H](COP(=O)(O)OCC[N+](C)(C)C)OC(=O)CCCCCCCCCCCCCCCCCCCCC. The van der Waals surface area contributed by atoms with Gasteiger partial charge in [0.25, 0.3) is 0 Å². The zero-order chi connectivity index (χ0) is 45.1. The second kappa shape index (κ2) is 41.9. The molecule has 0 aromatic rings. The second-order valence-electron chi connectivity index (χ2n) is 17.7. The molecule has 0 aliphatic heterocycles. The predicted molar refractivity (Wildman–Crippen MR) is 253 cm³/mol. The van der Waals surface area contributed by atoms with Gasteiger partial charge in [-0.25, -0.2) is 4.57 Å². The molecule has 61 heavy (non-hydrogen) atoms. The van der Waals surface area contributed by atoms with Crippen molar-refractivity contribution in [2.24, 2.45) is 0 Å². The molecule has 0 rings (SSSR count). The second-order valence-corrected chi connectivity index (χ2v) is 19.2. The summed E-state index contributed by atoms with van der Waals surface area (Å²) in [6.07, 6.45) is 46.2. The molecular weight excluding hydrogens is 790 g/mol. The van der Waals surface area contributed by atoms with Gasteiger partial charge < -0.3 is 24.0 Å². The number of nitrogens with zero attached hydrogens (tertiary/aromatic N) is 1. The number of carbonyl (C=O) groups is 2. The van der Waals surface area contributed by atoms with E-state index in [4.69, 9.17) is 18.5 Å². The predicted octanol–water partition coefficient (Wildman–Crippen LogP) is 13.2. The Kier molecular flexibility index (Phi) is 40.5. The third-order valence-corrected chi connectivity index (χ3v) is 11.4. The number of hydrogen-bond acceptors (Lipinski definition) is 8. The van der Waals surface area contributed by atoms with Crippen LogP contribution in [-0.2, 0) is 32.7 Å². The lowest BCUT2D eigenvalue weighted by molar-refractivity contribution is -0.870. The number of esters is 2. The van der Waals surface area contributed by atoms with E-state index < -0.39 is 38.6 Å². The topological polar surface area (TPSA) is 129 Å². The number of quaternary nitrogens is 1. The minimum absolute atomic E-state index is 0.00957. The summed E-state index contributed by atoms with van der Waals surface area (Å²) in [4.78, 5) is 35.5. The average Bonchev–Trinajstić information content (AvgIpc) is 3.21. The average molecular weight is 883 g/mol. The van der Waals surface area contributed by atoms with Gasteiger partial charge in [-0.15, -0.1) is 0 Å². The summed E-state index contributed by atoms with van der Waals surface area (Å²) >= 11 is 0. The fraction of sp³-hybridized carbons (Fsp3) is 0.800.